The minimum atomic E-state index is 0.0129. The minimum absolute atomic E-state index is 0.0129. The monoisotopic (exact) mass is 329 g/mol. The fourth-order valence-electron chi connectivity index (χ4n) is 4.44. The molecule has 25 heavy (non-hydrogen) atoms. The number of benzene rings is 3. The van der Waals surface area contributed by atoms with Crippen molar-refractivity contribution < 1.29 is 10.2 Å². The van der Waals surface area contributed by atoms with Crippen molar-refractivity contribution in [1.82, 2.24) is 0 Å². The maximum atomic E-state index is 10.4. The molecule has 1 aliphatic carbocycles. The summed E-state index contributed by atoms with van der Waals surface area (Å²) < 4.78 is 0. The van der Waals surface area contributed by atoms with Crippen molar-refractivity contribution in [3.63, 3.8) is 0 Å². The molecule has 5 rings (SSSR count). The number of aromatic hydroxyl groups is 2. The predicted molar refractivity (Wildman–Crippen MR) is 100 cm³/mol. The molecule has 0 aromatic heterocycles. The molecule has 1 aliphatic heterocycles. The zero-order valence-corrected chi connectivity index (χ0v) is 13.7. The van der Waals surface area contributed by atoms with E-state index in [0.717, 1.165) is 17.7 Å². The Bertz CT molecular complexity index is 1010. The Labute approximate surface area is 146 Å². The third-order valence-electron chi connectivity index (χ3n) is 5.61. The van der Waals surface area contributed by atoms with E-state index in [1.807, 2.05) is 6.07 Å². The highest BCUT2D eigenvalue weighted by molar-refractivity contribution is 5.96. The zero-order valence-electron chi connectivity index (χ0n) is 13.7. The van der Waals surface area contributed by atoms with E-state index in [4.69, 9.17) is 0 Å². The lowest BCUT2D eigenvalue weighted by Crippen LogP contribution is -2.29. The van der Waals surface area contributed by atoms with Crippen LogP contribution in [0.2, 0.25) is 0 Å². The maximum Gasteiger partial charge on any atom is 0.124 e. The first-order valence-electron chi connectivity index (χ1n) is 8.69. The maximum absolute atomic E-state index is 10.4. The lowest BCUT2D eigenvalue weighted by Gasteiger charge is -2.38. The number of fused-ring (bicyclic) bond motifs is 5. The fourth-order valence-corrected chi connectivity index (χ4v) is 4.44. The van der Waals surface area contributed by atoms with Gasteiger partial charge in [-0.25, -0.2) is 0 Å². The molecular weight excluding hydrogens is 310 g/mol. The highest BCUT2D eigenvalue weighted by Gasteiger charge is 2.39. The van der Waals surface area contributed by atoms with Crippen LogP contribution < -0.4 is 5.32 Å². The summed E-state index contributed by atoms with van der Waals surface area (Å²) in [5.74, 6) is 0.944. The summed E-state index contributed by atoms with van der Waals surface area (Å²) in [6.07, 6.45) is 5.52. The van der Waals surface area contributed by atoms with E-state index >= 15 is 0 Å². The van der Waals surface area contributed by atoms with Gasteiger partial charge in [-0.2, -0.15) is 0 Å². The van der Waals surface area contributed by atoms with Gasteiger partial charge in [-0.1, -0.05) is 48.6 Å². The number of allylic oxidation sites excluding steroid dienone is 2. The highest BCUT2D eigenvalue weighted by Crippen LogP contribution is 2.52. The van der Waals surface area contributed by atoms with Crippen LogP contribution in [0.1, 0.15) is 29.5 Å². The molecule has 0 amide bonds. The number of hydrogen-bond donors (Lipinski definition) is 3. The third-order valence-corrected chi connectivity index (χ3v) is 5.61. The number of phenolic OH excluding ortho intramolecular Hbond substituents is 2. The first-order chi connectivity index (χ1) is 12.2. The van der Waals surface area contributed by atoms with Gasteiger partial charge in [0.1, 0.15) is 11.5 Å². The Balaban J connectivity index is 1.70. The molecule has 0 radical (unpaired) electrons. The second-order valence-corrected chi connectivity index (χ2v) is 6.97. The molecule has 3 N–H and O–H groups in total. The molecule has 0 fully saturated rings. The van der Waals surface area contributed by atoms with E-state index in [1.54, 1.807) is 6.07 Å². The molecule has 3 atom stereocenters. The van der Waals surface area contributed by atoms with Crippen molar-refractivity contribution >= 4 is 16.5 Å². The third kappa shape index (κ3) is 2.12. The van der Waals surface area contributed by atoms with Gasteiger partial charge in [-0.3, -0.25) is 0 Å². The quantitative estimate of drug-likeness (QED) is 0.546. The zero-order chi connectivity index (χ0) is 17.0. The Morgan fingerprint density at radius 1 is 0.920 bits per heavy atom. The average molecular weight is 329 g/mol. The first kappa shape index (κ1) is 14.4. The molecule has 1 heterocycles. The molecule has 0 bridgehead atoms. The number of phenols is 2. The van der Waals surface area contributed by atoms with Crippen LogP contribution in [-0.4, -0.2) is 10.2 Å². The number of rotatable bonds is 1. The van der Waals surface area contributed by atoms with Crippen LogP contribution in [-0.2, 0) is 0 Å². The van der Waals surface area contributed by atoms with Crippen molar-refractivity contribution in [1.29, 1.82) is 0 Å². The van der Waals surface area contributed by atoms with E-state index < -0.39 is 0 Å². The van der Waals surface area contributed by atoms with Crippen molar-refractivity contribution in [3.05, 3.63) is 77.9 Å². The van der Waals surface area contributed by atoms with Gasteiger partial charge in [0.15, 0.2) is 0 Å². The van der Waals surface area contributed by atoms with E-state index in [1.165, 1.54) is 22.4 Å². The smallest absolute Gasteiger partial charge is 0.124 e. The predicted octanol–water partition coefficient (Wildman–Crippen LogP) is 5.08. The first-order valence-corrected chi connectivity index (χ1v) is 8.69. The molecule has 3 heteroatoms. The van der Waals surface area contributed by atoms with Crippen molar-refractivity contribution in [3.8, 4) is 11.5 Å². The summed E-state index contributed by atoms with van der Waals surface area (Å²) in [7, 11) is 0. The van der Waals surface area contributed by atoms with Gasteiger partial charge in [0, 0.05) is 28.6 Å². The van der Waals surface area contributed by atoms with Gasteiger partial charge in [0.05, 0.1) is 6.04 Å². The molecule has 3 unspecified atom stereocenters. The molecule has 0 spiro atoms. The van der Waals surface area contributed by atoms with Crippen LogP contribution in [0.25, 0.3) is 10.8 Å². The molecule has 3 aromatic rings. The molecule has 0 saturated carbocycles. The second kappa shape index (κ2) is 5.28. The summed E-state index contributed by atoms with van der Waals surface area (Å²) in [4.78, 5) is 0. The molecular formula is C22H19NO2. The highest BCUT2D eigenvalue weighted by atomic mass is 16.3. The topological polar surface area (TPSA) is 52.5 Å². The van der Waals surface area contributed by atoms with Gasteiger partial charge >= 0.3 is 0 Å². The Morgan fingerprint density at radius 2 is 1.76 bits per heavy atom. The minimum Gasteiger partial charge on any atom is -0.508 e. The Morgan fingerprint density at radius 3 is 2.64 bits per heavy atom. The van der Waals surface area contributed by atoms with Crippen LogP contribution >= 0.6 is 0 Å². The fraction of sp³-hybridized carbons (Fsp3) is 0.182. The van der Waals surface area contributed by atoms with Gasteiger partial charge in [-0.05, 0) is 35.4 Å². The van der Waals surface area contributed by atoms with Gasteiger partial charge in [0.2, 0.25) is 0 Å². The Kier molecular flexibility index (Phi) is 3.04. The van der Waals surface area contributed by atoms with Crippen LogP contribution in [0.4, 0.5) is 5.69 Å². The van der Waals surface area contributed by atoms with Gasteiger partial charge in [0.25, 0.3) is 0 Å². The average Bonchev–Trinajstić information content (AvgIpc) is 3.11. The number of hydrogen-bond acceptors (Lipinski definition) is 3. The molecule has 3 nitrogen and oxygen atoms in total. The molecule has 2 aliphatic rings. The molecule has 124 valence electrons. The SMILES string of the molecule is Oc1ccc(C2Nc3c(ccc4ccccc34)C3C=CCC32)c(O)c1. The van der Waals surface area contributed by atoms with Crippen LogP contribution in [0, 0.1) is 5.92 Å². The van der Waals surface area contributed by atoms with Gasteiger partial charge in [-0.15, -0.1) is 0 Å². The van der Waals surface area contributed by atoms with E-state index in [0.29, 0.717) is 11.8 Å². The van der Waals surface area contributed by atoms with E-state index in [2.05, 4.69) is 53.9 Å². The summed E-state index contributed by atoms with van der Waals surface area (Å²) in [5, 5.41) is 26.2. The summed E-state index contributed by atoms with van der Waals surface area (Å²) in [5.41, 5.74) is 3.32. The molecule has 0 saturated heterocycles. The lowest BCUT2D eigenvalue weighted by molar-refractivity contribution is 0.399. The van der Waals surface area contributed by atoms with E-state index in [-0.39, 0.29) is 17.5 Å². The normalized spacial score (nSPS) is 23.9. The van der Waals surface area contributed by atoms with Crippen LogP contribution in [0.3, 0.4) is 0 Å². The number of nitrogens with one attached hydrogen (secondary N) is 1. The summed E-state index contributed by atoms with van der Waals surface area (Å²) in [6.45, 7) is 0. The molecule has 3 aromatic carbocycles. The largest absolute Gasteiger partial charge is 0.508 e. The summed E-state index contributed by atoms with van der Waals surface area (Å²) in [6, 6.07) is 17.7. The van der Waals surface area contributed by atoms with Crippen molar-refractivity contribution in [2.75, 3.05) is 5.32 Å². The Hall–Kier alpha value is -2.94. The lowest BCUT2D eigenvalue weighted by atomic mass is 9.76. The summed E-state index contributed by atoms with van der Waals surface area (Å²) >= 11 is 0. The van der Waals surface area contributed by atoms with Crippen molar-refractivity contribution in [2.24, 2.45) is 5.92 Å². The van der Waals surface area contributed by atoms with Crippen LogP contribution in [0.15, 0.2) is 66.7 Å². The standard InChI is InChI=1S/C22H19NO2/c24-14-9-11-19(20(25)12-14)22-17-7-3-6-16(17)18-10-8-13-4-1-2-5-15(13)21(18)23-22/h1-6,8-12,16-17,22-25H,7H2. The second-order valence-electron chi connectivity index (χ2n) is 6.97. The van der Waals surface area contributed by atoms with Crippen LogP contribution in [0.5, 0.6) is 11.5 Å². The van der Waals surface area contributed by atoms with Gasteiger partial charge < -0.3 is 15.5 Å². The number of anilines is 1. The van der Waals surface area contributed by atoms with E-state index in [9.17, 15) is 10.2 Å². The van der Waals surface area contributed by atoms with Crippen molar-refractivity contribution in [2.45, 2.75) is 18.4 Å².